The van der Waals surface area contributed by atoms with Crippen molar-refractivity contribution in [1.29, 1.82) is 0 Å². The SMILES string of the molecule is COCCOc1cc(F)cc(F)c1C#Cc1cc2n(n1)CCN(C(=O)OC(C)(C)C)[C@@H]2C. The Morgan fingerprint density at radius 2 is 1.94 bits per heavy atom. The van der Waals surface area contributed by atoms with Gasteiger partial charge in [0.1, 0.15) is 40.8 Å². The highest BCUT2D eigenvalue weighted by atomic mass is 19.1. The molecule has 0 saturated carbocycles. The Hall–Kier alpha value is -3.12. The summed E-state index contributed by atoms with van der Waals surface area (Å²) in [5.74, 6) is 3.95. The molecule has 0 bridgehead atoms. The second kappa shape index (κ2) is 9.57. The molecule has 2 aromatic rings. The van der Waals surface area contributed by atoms with Crippen LogP contribution in [0.4, 0.5) is 13.6 Å². The maximum Gasteiger partial charge on any atom is 0.410 e. The van der Waals surface area contributed by atoms with Crippen LogP contribution in [0.15, 0.2) is 18.2 Å². The van der Waals surface area contributed by atoms with E-state index in [2.05, 4.69) is 16.9 Å². The van der Waals surface area contributed by atoms with Crippen LogP contribution in [0.25, 0.3) is 0 Å². The van der Waals surface area contributed by atoms with Crippen LogP contribution < -0.4 is 4.74 Å². The third-order valence-corrected chi connectivity index (χ3v) is 4.77. The number of aromatic nitrogens is 2. The molecule has 32 heavy (non-hydrogen) atoms. The fraction of sp³-hybridized carbons (Fsp3) is 0.478. The Bertz CT molecular complexity index is 1050. The van der Waals surface area contributed by atoms with Crippen LogP contribution >= 0.6 is 0 Å². The first-order valence-corrected chi connectivity index (χ1v) is 10.3. The van der Waals surface area contributed by atoms with E-state index in [9.17, 15) is 13.6 Å². The predicted molar refractivity (Wildman–Crippen MR) is 113 cm³/mol. The van der Waals surface area contributed by atoms with E-state index in [1.807, 2.05) is 27.7 Å². The molecule has 1 aliphatic heterocycles. The summed E-state index contributed by atoms with van der Waals surface area (Å²) in [6, 6.07) is 3.33. The monoisotopic (exact) mass is 447 g/mol. The number of fused-ring (bicyclic) bond motifs is 1. The van der Waals surface area contributed by atoms with Crippen LogP contribution in [0.5, 0.6) is 5.75 Å². The van der Waals surface area contributed by atoms with Crippen LogP contribution in [0.3, 0.4) is 0 Å². The van der Waals surface area contributed by atoms with Crippen molar-refractivity contribution in [3.63, 3.8) is 0 Å². The lowest BCUT2D eigenvalue weighted by Crippen LogP contribution is -2.43. The Kier molecular flexibility index (Phi) is 7.04. The third kappa shape index (κ3) is 5.56. The standard InChI is InChI=1S/C23H27F2N3O4/c1-15-20-14-17(26-28(20)9-8-27(15)22(29)32-23(2,3)4)6-7-18-19(25)12-16(24)13-21(18)31-11-10-30-5/h12-15H,8-11H2,1-5H3/t15-/m1/s1. The van der Waals surface area contributed by atoms with Crippen LogP contribution in [0, 0.1) is 23.5 Å². The zero-order valence-corrected chi connectivity index (χ0v) is 18.9. The number of hydrogen-bond acceptors (Lipinski definition) is 5. The van der Waals surface area contributed by atoms with E-state index in [0.717, 1.165) is 17.8 Å². The summed E-state index contributed by atoms with van der Waals surface area (Å²) >= 11 is 0. The molecule has 172 valence electrons. The second-order valence-corrected chi connectivity index (χ2v) is 8.38. The van der Waals surface area contributed by atoms with Crippen LogP contribution in [-0.4, -0.2) is 53.2 Å². The number of hydrogen-bond donors (Lipinski definition) is 0. The summed E-state index contributed by atoms with van der Waals surface area (Å²) in [7, 11) is 1.50. The topological polar surface area (TPSA) is 65.8 Å². The predicted octanol–water partition coefficient (Wildman–Crippen LogP) is 3.90. The number of nitrogens with zero attached hydrogens (tertiary/aromatic N) is 3. The molecule has 3 rings (SSSR count). The summed E-state index contributed by atoms with van der Waals surface area (Å²) in [6.45, 7) is 8.67. The zero-order valence-electron chi connectivity index (χ0n) is 18.9. The Labute approximate surface area is 186 Å². The minimum atomic E-state index is -0.821. The fourth-order valence-electron chi connectivity index (χ4n) is 3.28. The average molecular weight is 447 g/mol. The Morgan fingerprint density at radius 3 is 2.62 bits per heavy atom. The molecule has 0 unspecified atom stereocenters. The summed E-state index contributed by atoms with van der Waals surface area (Å²) in [5.41, 5.74) is 0.553. The number of rotatable bonds is 4. The molecule has 1 atom stereocenters. The van der Waals surface area contributed by atoms with Gasteiger partial charge in [0.05, 0.1) is 24.9 Å². The number of carbonyl (C=O) groups excluding carboxylic acids is 1. The van der Waals surface area contributed by atoms with Crippen molar-refractivity contribution in [3.8, 4) is 17.6 Å². The lowest BCUT2D eigenvalue weighted by atomic mass is 10.1. The van der Waals surface area contributed by atoms with Crippen molar-refractivity contribution in [2.24, 2.45) is 0 Å². The average Bonchev–Trinajstić information content (AvgIpc) is 3.10. The van der Waals surface area contributed by atoms with Gasteiger partial charge in [-0.1, -0.05) is 5.92 Å². The van der Waals surface area contributed by atoms with E-state index >= 15 is 0 Å². The van der Waals surface area contributed by atoms with Crippen molar-refractivity contribution in [2.45, 2.75) is 45.9 Å². The Morgan fingerprint density at radius 1 is 1.19 bits per heavy atom. The quantitative estimate of drug-likeness (QED) is 0.526. The number of halogens is 2. The molecule has 0 fully saturated rings. The maximum absolute atomic E-state index is 14.3. The van der Waals surface area contributed by atoms with Gasteiger partial charge in [0, 0.05) is 25.8 Å². The number of ether oxygens (including phenoxy) is 3. The van der Waals surface area contributed by atoms with Crippen molar-refractivity contribution in [2.75, 3.05) is 26.9 Å². The van der Waals surface area contributed by atoms with Crippen LogP contribution in [0.2, 0.25) is 0 Å². The normalized spacial score (nSPS) is 15.6. The molecule has 1 amide bonds. The first-order chi connectivity index (χ1) is 15.1. The van der Waals surface area contributed by atoms with Crippen molar-refractivity contribution in [1.82, 2.24) is 14.7 Å². The van der Waals surface area contributed by atoms with Gasteiger partial charge in [0.15, 0.2) is 0 Å². The molecule has 0 spiro atoms. The van der Waals surface area contributed by atoms with Gasteiger partial charge in [0.2, 0.25) is 0 Å². The van der Waals surface area contributed by atoms with Gasteiger partial charge in [-0.15, -0.1) is 0 Å². The van der Waals surface area contributed by atoms with E-state index in [1.165, 1.54) is 7.11 Å². The van der Waals surface area contributed by atoms with Gasteiger partial charge < -0.3 is 14.2 Å². The Balaban J connectivity index is 1.83. The third-order valence-electron chi connectivity index (χ3n) is 4.77. The molecular formula is C23H27F2N3O4. The van der Waals surface area contributed by atoms with Crippen LogP contribution in [0.1, 0.15) is 50.7 Å². The molecule has 0 radical (unpaired) electrons. The van der Waals surface area contributed by atoms with Crippen molar-refractivity contribution >= 4 is 6.09 Å². The highest BCUT2D eigenvalue weighted by molar-refractivity contribution is 5.69. The highest BCUT2D eigenvalue weighted by Gasteiger charge is 2.32. The molecule has 2 heterocycles. The van der Waals surface area contributed by atoms with Crippen molar-refractivity contribution in [3.05, 3.63) is 46.8 Å². The molecule has 1 aliphatic rings. The summed E-state index contributed by atoms with van der Waals surface area (Å²) < 4.78 is 45.5. The minimum Gasteiger partial charge on any atom is -0.490 e. The molecule has 7 nitrogen and oxygen atoms in total. The second-order valence-electron chi connectivity index (χ2n) is 8.38. The van der Waals surface area contributed by atoms with Gasteiger partial charge >= 0.3 is 6.09 Å². The largest absolute Gasteiger partial charge is 0.490 e. The minimum absolute atomic E-state index is 0.000455. The van der Waals surface area contributed by atoms with Gasteiger partial charge in [-0.25, -0.2) is 13.6 Å². The summed E-state index contributed by atoms with van der Waals surface area (Å²) in [4.78, 5) is 14.2. The van der Waals surface area contributed by atoms with Gasteiger partial charge in [0.25, 0.3) is 0 Å². The first kappa shape index (κ1) is 23.5. The van der Waals surface area contributed by atoms with Gasteiger partial charge in [-0.2, -0.15) is 5.10 Å². The molecular weight excluding hydrogens is 420 g/mol. The molecule has 1 aromatic carbocycles. The number of benzene rings is 1. The maximum atomic E-state index is 14.3. The summed E-state index contributed by atoms with van der Waals surface area (Å²) in [5, 5.41) is 4.44. The lowest BCUT2D eigenvalue weighted by Gasteiger charge is -2.35. The lowest BCUT2D eigenvalue weighted by molar-refractivity contribution is 0.0120. The van der Waals surface area contributed by atoms with E-state index in [4.69, 9.17) is 14.2 Å². The van der Waals surface area contributed by atoms with Crippen LogP contribution in [-0.2, 0) is 16.0 Å². The number of methoxy groups -OCH3 is 1. The van der Waals surface area contributed by atoms with E-state index in [-0.39, 0.29) is 30.6 Å². The zero-order chi connectivity index (χ0) is 23.5. The molecule has 0 saturated heterocycles. The van der Waals surface area contributed by atoms with E-state index in [0.29, 0.717) is 18.8 Å². The number of carbonyl (C=O) groups is 1. The van der Waals surface area contributed by atoms with Gasteiger partial charge in [-0.3, -0.25) is 9.58 Å². The summed E-state index contributed by atoms with van der Waals surface area (Å²) in [6.07, 6.45) is -0.392. The number of amides is 1. The van der Waals surface area contributed by atoms with Gasteiger partial charge in [-0.05, 0) is 39.7 Å². The smallest absolute Gasteiger partial charge is 0.410 e. The van der Waals surface area contributed by atoms with E-state index < -0.39 is 23.3 Å². The first-order valence-electron chi connectivity index (χ1n) is 10.3. The molecule has 0 aliphatic carbocycles. The molecule has 1 aromatic heterocycles. The van der Waals surface area contributed by atoms with Crippen molar-refractivity contribution < 1.29 is 27.8 Å². The van der Waals surface area contributed by atoms with E-state index in [1.54, 1.807) is 15.6 Å². The molecule has 0 N–H and O–H groups in total. The fourth-order valence-corrected chi connectivity index (χ4v) is 3.28. The highest BCUT2D eigenvalue weighted by Crippen LogP contribution is 2.27. The molecule has 9 heteroatoms.